The Hall–Kier alpha value is 0.700. The first kappa shape index (κ1) is 11.7. The lowest BCUT2D eigenvalue weighted by Crippen LogP contribution is -2.02. The van der Waals surface area contributed by atoms with E-state index in [4.69, 9.17) is 0 Å². The summed E-state index contributed by atoms with van der Waals surface area (Å²) in [5, 5.41) is 1.33. The summed E-state index contributed by atoms with van der Waals surface area (Å²) in [5.74, 6) is 1.28. The second-order valence-corrected chi connectivity index (χ2v) is 5.81. The van der Waals surface area contributed by atoms with E-state index in [9.17, 15) is 0 Å². The van der Waals surface area contributed by atoms with Crippen LogP contribution in [0.5, 0.6) is 0 Å². The van der Waals surface area contributed by atoms with Crippen molar-refractivity contribution in [3.63, 3.8) is 0 Å². The van der Waals surface area contributed by atoms with Gasteiger partial charge in [-0.3, -0.25) is 0 Å². The molecule has 0 N–H and O–H groups in total. The van der Waals surface area contributed by atoms with Crippen LogP contribution in [0, 0.1) is 6.92 Å². The zero-order valence-electron chi connectivity index (χ0n) is 7.80. The lowest BCUT2D eigenvalue weighted by molar-refractivity contribution is 0.831. The maximum atomic E-state index is 4.10. The van der Waals surface area contributed by atoms with Crippen LogP contribution in [0.1, 0.15) is 26.7 Å². The molecule has 0 heterocycles. The minimum absolute atomic E-state index is 0.599. The Bertz CT molecular complexity index is 81.6. The molecule has 0 aromatic carbocycles. The predicted molar refractivity (Wildman–Crippen MR) is 59.5 cm³/mol. The Labute approximate surface area is 79.9 Å². The van der Waals surface area contributed by atoms with Crippen LogP contribution in [0.2, 0.25) is 0 Å². The normalized spacial score (nSPS) is 13.9. The van der Waals surface area contributed by atoms with E-state index in [2.05, 4.69) is 27.0 Å². The van der Waals surface area contributed by atoms with Gasteiger partial charge in [0.2, 0.25) is 0 Å². The molecule has 1 atom stereocenters. The lowest BCUT2D eigenvalue weighted by Gasteiger charge is -2.12. The summed E-state index contributed by atoms with van der Waals surface area (Å²) in [6.45, 7) is 8.57. The van der Waals surface area contributed by atoms with E-state index >= 15 is 0 Å². The van der Waals surface area contributed by atoms with Gasteiger partial charge >= 0.3 is 0 Å². The maximum Gasteiger partial charge on any atom is 0.00503 e. The van der Waals surface area contributed by atoms with Crippen LogP contribution in [0.25, 0.3) is 0 Å². The number of thioether (sulfide) groups is 2. The smallest absolute Gasteiger partial charge is 0.00503 e. The SMILES string of the molecule is [CH2]C(CCCSC)SC(C)C. The van der Waals surface area contributed by atoms with Crippen LogP contribution >= 0.6 is 23.5 Å². The molecular weight excluding hydrogens is 172 g/mol. The molecule has 2 heteroatoms. The first-order valence-electron chi connectivity index (χ1n) is 4.14. The van der Waals surface area contributed by atoms with Gasteiger partial charge in [-0.1, -0.05) is 13.8 Å². The molecule has 0 nitrogen and oxygen atoms in total. The molecule has 0 aliphatic carbocycles. The third kappa shape index (κ3) is 8.61. The average molecular weight is 191 g/mol. The van der Waals surface area contributed by atoms with Crippen molar-refractivity contribution in [2.45, 2.75) is 37.2 Å². The van der Waals surface area contributed by atoms with Crippen molar-refractivity contribution in [3.8, 4) is 0 Å². The second kappa shape index (κ2) is 7.35. The Morgan fingerprint density at radius 3 is 2.45 bits per heavy atom. The predicted octanol–water partition coefficient (Wildman–Crippen LogP) is 3.47. The van der Waals surface area contributed by atoms with Gasteiger partial charge in [-0.05, 0) is 37.0 Å². The Balaban J connectivity index is 3.15. The summed E-state index contributed by atoms with van der Waals surface area (Å²) >= 11 is 3.91. The van der Waals surface area contributed by atoms with Crippen molar-refractivity contribution >= 4 is 23.5 Å². The minimum Gasteiger partial charge on any atom is -0.165 e. The second-order valence-electron chi connectivity index (χ2n) is 2.94. The maximum absolute atomic E-state index is 4.10. The van der Waals surface area contributed by atoms with Crippen LogP contribution in [-0.2, 0) is 0 Å². The summed E-state index contributed by atoms with van der Waals surface area (Å²) in [4.78, 5) is 0. The highest BCUT2D eigenvalue weighted by Gasteiger charge is 2.04. The van der Waals surface area contributed by atoms with Gasteiger partial charge in [0.05, 0.1) is 0 Å². The van der Waals surface area contributed by atoms with Gasteiger partial charge < -0.3 is 0 Å². The Kier molecular flexibility index (Phi) is 7.82. The molecule has 1 radical (unpaired) electrons. The highest BCUT2D eigenvalue weighted by Crippen LogP contribution is 2.20. The minimum atomic E-state index is 0.599. The van der Waals surface area contributed by atoms with E-state index < -0.39 is 0 Å². The summed E-state index contributed by atoms with van der Waals surface area (Å²) in [6.07, 6.45) is 4.74. The fourth-order valence-corrected chi connectivity index (χ4v) is 2.44. The Morgan fingerprint density at radius 2 is 2.00 bits per heavy atom. The number of hydrogen-bond donors (Lipinski definition) is 0. The largest absolute Gasteiger partial charge is 0.165 e. The van der Waals surface area contributed by atoms with Gasteiger partial charge in [-0.25, -0.2) is 0 Å². The first-order valence-corrected chi connectivity index (χ1v) is 6.48. The summed E-state index contributed by atoms with van der Waals surface area (Å²) in [7, 11) is 0. The number of rotatable bonds is 6. The molecule has 0 aliphatic heterocycles. The summed E-state index contributed by atoms with van der Waals surface area (Å²) in [5.41, 5.74) is 0. The van der Waals surface area contributed by atoms with Crippen molar-refractivity contribution in [2.75, 3.05) is 12.0 Å². The fourth-order valence-electron chi connectivity index (χ4n) is 0.908. The monoisotopic (exact) mass is 191 g/mol. The molecule has 1 unspecified atom stereocenters. The molecule has 0 saturated heterocycles. The van der Waals surface area contributed by atoms with Crippen molar-refractivity contribution in [2.24, 2.45) is 0 Å². The van der Waals surface area contributed by atoms with E-state index in [0.29, 0.717) is 5.25 Å². The third-order valence-corrected chi connectivity index (χ3v) is 3.20. The van der Waals surface area contributed by atoms with E-state index in [-0.39, 0.29) is 0 Å². The molecule has 0 spiro atoms. The zero-order valence-corrected chi connectivity index (χ0v) is 9.43. The molecule has 0 aromatic rings. The molecule has 11 heavy (non-hydrogen) atoms. The molecule has 0 aliphatic rings. The van der Waals surface area contributed by atoms with E-state index in [1.54, 1.807) is 0 Å². The molecule has 0 amide bonds. The van der Waals surface area contributed by atoms with Gasteiger partial charge in [0.25, 0.3) is 0 Å². The van der Waals surface area contributed by atoms with Crippen LogP contribution in [0.4, 0.5) is 0 Å². The Morgan fingerprint density at radius 1 is 1.36 bits per heavy atom. The van der Waals surface area contributed by atoms with Gasteiger partial charge in [0.15, 0.2) is 0 Å². The highest BCUT2D eigenvalue weighted by molar-refractivity contribution is 8.00. The highest BCUT2D eigenvalue weighted by atomic mass is 32.2. The fraction of sp³-hybridized carbons (Fsp3) is 0.889. The summed E-state index contributed by atoms with van der Waals surface area (Å²) in [6, 6.07) is 0. The standard InChI is InChI=1S/C9H19S2/c1-8(2)11-9(3)6-5-7-10-4/h8-9H,3,5-7H2,1-2,4H3. The topological polar surface area (TPSA) is 0 Å². The molecule has 0 aromatic heterocycles. The van der Waals surface area contributed by atoms with E-state index in [1.165, 1.54) is 18.6 Å². The van der Waals surface area contributed by atoms with Gasteiger partial charge in [-0.2, -0.15) is 23.5 Å². The van der Waals surface area contributed by atoms with Crippen molar-refractivity contribution in [3.05, 3.63) is 6.92 Å². The third-order valence-electron chi connectivity index (χ3n) is 1.34. The van der Waals surface area contributed by atoms with Gasteiger partial charge in [-0.15, -0.1) is 0 Å². The van der Waals surface area contributed by atoms with Crippen molar-refractivity contribution in [1.29, 1.82) is 0 Å². The molecule has 0 saturated carbocycles. The van der Waals surface area contributed by atoms with Crippen molar-refractivity contribution < 1.29 is 0 Å². The first-order chi connectivity index (χ1) is 5.16. The zero-order chi connectivity index (χ0) is 8.69. The number of hydrogen-bond acceptors (Lipinski definition) is 2. The van der Waals surface area contributed by atoms with Crippen LogP contribution in [0.15, 0.2) is 0 Å². The van der Waals surface area contributed by atoms with Gasteiger partial charge in [0, 0.05) is 5.25 Å². The van der Waals surface area contributed by atoms with E-state index in [0.717, 1.165) is 5.25 Å². The average Bonchev–Trinajstić information content (AvgIpc) is 1.86. The lowest BCUT2D eigenvalue weighted by atomic mass is 10.3. The molecule has 0 fully saturated rings. The van der Waals surface area contributed by atoms with Crippen LogP contribution < -0.4 is 0 Å². The molecule has 0 bridgehead atoms. The van der Waals surface area contributed by atoms with Crippen LogP contribution in [-0.4, -0.2) is 22.5 Å². The van der Waals surface area contributed by atoms with Gasteiger partial charge in [0.1, 0.15) is 0 Å². The summed E-state index contributed by atoms with van der Waals surface area (Å²) < 4.78 is 0. The molecular formula is C9H19S2. The molecule has 0 rings (SSSR count). The van der Waals surface area contributed by atoms with E-state index in [1.807, 2.05) is 23.5 Å². The van der Waals surface area contributed by atoms with Crippen LogP contribution in [0.3, 0.4) is 0 Å². The van der Waals surface area contributed by atoms with Crippen molar-refractivity contribution in [1.82, 2.24) is 0 Å². The molecule has 67 valence electrons. The quantitative estimate of drug-likeness (QED) is 0.590.